The van der Waals surface area contributed by atoms with Gasteiger partial charge in [-0.2, -0.15) is 0 Å². The molecule has 0 atom stereocenters. The van der Waals surface area contributed by atoms with Crippen molar-refractivity contribution in [2.75, 3.05) is 27.5 Å². The van der Waals surface area contributed by atoms with Crippen LogP contribution >= 0.6 is 11.6 Å². The first-order valence-electron chi connectivity index (χ1n) is 12.3. The van der Waals surface area contributed by atoms with Gasteiger partial charge < -0.3 is 23.0 Å². The van der Waals surface area contributed by atoms with Crippen LogP contribution in [0.25, 0.3) is 33.1 Å². The molecule has 0 N–H and O–H groups in total. The third-order valence-corrected chi connectivity index (χ3v) is 7.14. The lowest BCUT2D eigenvalue weighted by Crippen LogP contribution is -2.33. The maximum absolute atomic E-state index is 12.9. The number of hydrogen-bond acceptors (Lipinski definition) is 8. The summed E-state index contributed by atoms with van der Waals surface area (Å²) in [4.78, 5) is 27.8. The number of ether oxygens (including phenoxy) is 3. The van der Waals surface area contributed by atoms with Crippen LogP contribution in [0.15, 0.2) is 79.1 Å². The molecule has 39 heavy (non-hydrogen) atoms. The van der Waals surface area contributed by atoms with Crippen molar-refractivity contribution in [1.82, 2.24) is 4.90 Å². The van der Waals surface area contributed by atoms with Crippen LogP contribution < -0.4 is 25.5 Å². The van der Waals surface area contributed by atoms with Crippen molar-refractivity contribution >= 4 is 33.5 Å². The van der Waals surface area contributed by atoms with Crippen molar-refractivity contribution in [3.8, 4) is 28.4 Å². The van der Waals surface area contributed by atoms with Gasteiger partial charge in [0.25, 0.3) is 0 Å². The Bertz CT molecular complexity index is 1840. The Kier molecular flexibility index (Phi) is 6.50. The minimum atomic E-state index is -0.570. The van der Waals surface area contributed by atoms with Gasteiger partial charge in [0.05, 0.1) is 25.3 Å². The van der Waals surface area contributed by atoms with Gasteiger partial charge in [-0.1, -0.05) is 17.7 Å². The van der Waals surface area contributed by atoms with Gasteiger partial charge in [-0.25, -0.2) is 9.59 Å². The van der Waals surface area contributed by atoms with Crippen LogP contribution in [0.2, 0.25) is 5.02 Å². The second-order valence-electron chi connectivity index (χ2n) is 9.29. The average Bonchev–Trinajstić information content (AvgIpc) is 2.95. The van der Waals surface area contributed by atoms with Crippen molar-refractivity contribution in [2.24, 2.45) is 0 Å². The van der Waals surface area contributed by atoms with Crippen molar-refractivity contribution < 1.29 is 23.0 Å². The Morgan fingerprint density at radius 1 is 0.897 bits per heavy atom. The summed E-state index contributed by atoms with van der Waals surface area (Å²) in [6.45, 7) is 1.60. The number of halogens is 1. The first-order chi connectivity index (χ1) is 18.9. The number of methoxy groups -OCH3 is 2. The van der Waals surface area contributed by atoms with E-state index in [9.17, 15) is 9.59 Å². The predicted molar refractivity (Wildman–Crippen MR) is 148 cm³/mol. The maximum Gasteiger partial charge on any atom is 0.344 e. The summed E-state index contributed by atoms with van der Waals surface area (Å²) >= 11 is 6.15. The molecule has 0 saturated heterocycles. The van der Waals surface area contributed by atoms with Gasteiger partial charge in [0.15, 0.2) is 11.5 Å². The van der Waals surface area contributed by atoms with Crippen molar-refractivity contribution in [1.29, 1.82) is 0 Å². The fourth-order valence-electron chi connectivity index (χ4n) is 4.95. The third-order valence-electron chi connectivity index (χ3n) is 6.91. The highest BCUT2D eigenvalue weighted by Gasteiger charge is 2.24. The average molecular weight is 546 g/mol. The Morgan fingerprint density at radius 2 is 1.74 bits per heavy atom. The smallest absolute Gasteiger partial charge is 0.344 e. The molecule has 6 rings (SSSR count). The van der Waals surface area contributed by atoms with Gasteiger partial charge in [0.2, 0.25) is 0 Å². The molecule has 0 amide bonds. The molecule has 0 unspecified atom stereocenters. The van der Waals surface area contributed by atoms with Crippen LogP contribution in [0.4, 0.5) is 0 Å². The quantitative estimate of drug-likeness (QED) is 0.253. The Balaban J connectivity index is 1.35. The second-order valence-corrected chi connectivity index (χ2v) is 9.73. The second kappa shape index (κ2) is 10.1. The number of nitrogens with zero attached hydrogens (tertiary/aromatic N) is 1. The minimum Gasteiger partial charge on any atom is -0.493 e. The molecule has 2 aromatic heterocycles. The van der Waals surface area contributed by atoms with Crippen LogP contribution in [-0.4, -0.2) is 32.4 Å². The summed E-state index contributed by atoms with van der Waals surface area (Å²) < 4.78 is 28.0. The highest BCUT2D eigenvalue weighted by atomic mass is 35.5. The van der Waals surface area contributed by atoms with E-state index in [1.54, 1.807) is 44.6 Å². The molecule has 3 aromatic carbocycles. The molecule has 198 valence electrons. The zero-order valence-electron chi connectivity index (χ0n) is 21.3. The zero-order chi connectivity index (χ0) is 27.1. The molecule has 9 heteroatoms. The van der Waals surface area contributed by atoms with Gasteiger partial charge in [0.1, 0.15) is 23.6 Å². The molecule has 0 bridgehead atoms. The summed E-state index contributed by atoms with van der Waals surface area (Å²) in [6, 6.07) is 17.5. The van der Waals surface area contributed by atoms with E-state index >= 15 is 0 Å². The topological polar surface area (TPSA) is 91.4 Å². The van der Waals surface area contributed by atoms with Crippen molar-refractivity contribution in [3.05, 3.63) is 97.7 Å². The number of rotatable bonds is 6. The van der Waals surface area contributed by atoms with Crippen LogP contribution in [0.5, 0.6) is 17.2 Å². The summed E-state index contributed by atoms with van der Waals surface area (Å²) in [7, 11) is 3.22. The molecule has 0 aliphatic carbocycles. The first-order valence-corrected chi connectivity index (χ1v) is 12.7. The summed E-state index contributed by atoms with van der Waals surface area (Å²) in [5, 5.41) is 1.78. The largest absolute Gasteiger partial charge is 0.493 e. The highest BCUT2D eigenvalue weighted by Crippen LogP contribution is 2.36. The van der Waals surface area contributed by atoms with Gasteiger partial charge in [-0.3, -0.25) is 4.90 Å². The van der Waals surface area contributed by atoms with Crippen LogP contribution in [0.1, 0.15) is 11.1 Å². The number of fused-ring (bicyclic) bond motifs is 4. The lowest BCUT2D eigenvalue weighted by atomic mass is 9.99. The molecule has 1 aliphatic rings. The summed E-state index contributed by atoms with van der Waals surface area (Å²) in [6.07, 6.45) is 0.750. The Labute approximate surface area is 227 Å². The molecule has 0 spiro atoms. The lowest BCUT2D eigenvalue weighted by molar-refractivity contribution is 0.0967. The Hall–Kier alpha value is -4.27. The fourth-order valence-corrected chi connectivity index (χ4v) is 5.13. The third kappa shape index (κ3) is 4.73. The molecular formula is C30H24ClNO7. The van der Waals surface area contributed by atoms with Crippen LogP contribution in [0.3, 0.4) is 0 Å². The van der Waals surface area contributed by atoms with E-state index in [4.69, 9.17) is 34.6 Å². The molecule has 3 heterocycles. The van der Waals surface area contributed by atoms with E-state index in [1.807, 2.05) is 24.3 Å². The maximum atomic E-state index is 12.9. The summed E-state index contributed by atoms with van der Waals surface area (Å²) in [5.74, 6) is 2.00. The van der Waals surface area contributed by atoms with E-state index in [1.165, 1.54) is 6.07 Å². The first kappa shape index (κ1) is 25.0. The molecule has 5 aromatic rings. The van der Waals surface area contributed by atoms with E-state index in [2.05, 4.69) is 4.90 Å². The standard InChI is InChI=1S/C30H24ClNO7/c1-35-26-6-3-17(11-27(26)36-2)9-10-32-15-23-25(37-16-32)8-5-20-21(14-28(33)39-29(20)23)22-13-18-12-19(31)4-7-24(18)38-30(22)34/h3-8,11-14H,9-10,15-16H2,1-2H3. The van der Waals surface area contributed by atoms with Gasteiger partial charge in [0, 0.05) is 40.5 Å². The fraction of sp³-hybridized carbons (Fsp3) is 0.200. The summed E-state index contributed by atoms with van der Waals surface area (Å²) in [5.41, 5.74) is 2.20. The van der Waals surface area contributed by atoms with Gasteiger partial charge in [-0.15, -0.1) is 0 Å². The molecular weight excluding hydrogens is 522 g/mol. The molecule has 0 radical (unpaired) electrons. The monoisotopic (exact) mass is 545 g/mol. The predicted octanol–water partition coefficient (Wildman–Crippen LogP) is 5.63. The lowest BCUT2D eigenvalue weighted by Gasteiger charge is -2.29. The number of hydrogen-bond donors (Lipinski definition) is 0. The van der Waals surface area contributed by atoms with Gasteiger partial charge >= 0.3 is 11.3 Å². The van der Waals surface area contributed by atoms with E-state index in [-0.39, 0.29) is 5.56 Å². The molecule has 1 aliphatic heterocycles. The zero-order valence-corrected chi connectivity index (χ0v) is 22.0. The van der Waals surface area contributed by atoms with E-state index < -0.39 is 11.3 Å². The van der Waals surface area contributed by atoms with Crippen molar-refractivity contribution in [3.63, 3.8) is 0 Å². The highest BCUT2D eigenvalue weighted by molar-refractivity contribution is 6.31. The van der Waals surface area contributed by atoms with Gasteiger partial charge in [-0.05, 0) is 60.5 Å². The van der Waals surface area contributed by atoms with Crippen molar-refractivity contribution in [2.45, 2.75) is 13.0 Å². The van der Waals surface area contributed by atoms with E-state index in [0.29, 0.717) is 69.6 Å². The normalized spacial score (nSPS) is 13.3. The molecule has 8 nitrogen and oxygen atoms in total. The minimum absolute atomic E-state index is 0.254. The molecule has 0 fully saturated rings. The van der Waals surface area contributed by atoms with Crippen LogP contribution in [0, 0.1) is 0 Å². The SMILES string of the molecule is COc1ccc(CCN2COc3ccc4c(-c5cc6cc(Cl)ccc6oc5=O)cc(=O)oc4c3C2)cc1OC. The van der Waals surface area contributed by atoms with E-state index in [0.717, 1.165) is 17.5 Å². The molecule has 0 saturated carbocycles. The Morgan fingerprint density at radius 3 is 2.56 bits per heavy atom. The van der Waals surface area contributed by atoms with Crippen LogP contribution in [-0.2, 0) is 13.0 Å². The number of benzene rings is 3.